The number of alkyl halides is 3. The van der Waals surface area contributed by atoms with Crippen LogP contribution in [0.3, 0.4) is 0 Å². The molecule has 1 N–H and O–H groups in total. The maximum absolute atomic E-state index is 11.8. The SMILES string of the molecule is OC1CCC(SC(F)(F)F)CC1. The van der Waals surface area contributed by atoms with Crippen LogP contribution in [0, 0.1) is 0 Å². The Kier molecular flexibility index (Phi) is 3.29. The molecule has 1 rings (SSSR count). The minimum atomic E-state index is -4.12. The molecule has 0 saturated heterocycles. The van der Waals surface area contributed by atoms with Crippen LogP contribution in [0.2, 0.25) is 0 Å². The summed E-state index contributed by atoms with van der Waals surface area (Å²) in [6.45, 7) is 0. The van der Waals surface area contributed by atoms with Crippen molar-refractivity contribution in [2.45, 2.75) is 42.5 Å². The highest BCUT2D eigenvalue weighted by atomic mass is 32.2. The molecular weight excluding hydrogens is 189 g/mol. The minimum absolute atomic E-state index is 0.0686. The molecule has 0 bridgehead atoms. The fourth-order valence-corrected chi connectivity index (χ4v) is 2.24. The average molecular weight is 200 g/mol. The lowest BCUT2D eigenvalue weighted by Gasteiger charge is -2.25. The normalized spacial score (nSPS) is 32.0. The molecule has 0 unspecified atom stereocenters. The monoisotopic (exact) mass is 200 g/mol. The highest BCUT2D eigenvalue weighted by Crippen LogP contribution is 2.39. The molecule has 0 radical (unpaired) electrons. The summed E-state index contributed by atoms with van der Waals surface area (Å²) < 4.78 is 35.5. The lowest BCUT2D eigenvalue weighted by Crippen LogP contribution is -2.22. The molecule has 72 valence electrons. The molecule has 0 amide bonds. The first-order chi connectivity index (χ1) is 5.47. The van der Waals surface area contributed by atoms with Gasteiger partial charge in [0.05, 0.1) is 6.10 Å². The van der Waals surface area contributed by atoms with Crippen molar-refractivity contribution in [2.24, 2.45) is 0 Å². The van der Waals surface area contributed by atoms with Gasteiger partial charge in [-0.15, -0.1) is 0 Å². The van der Waals surface area contributed by atoms with Crippen molar-refractivity contribution in [3.63, 3.8) is 0 Å². The van der Waals surface area contributed by atoms with Gasteiger partial charge in [-0.1, -0.05) is 0 Å². The number of halogens is 3. The zero-order valence-electron chi connectivity index (χ0n) is 6.47. The van der Waals surface area contributed by atoms with Gasteiger partial charge in [-0.25, -0.2) is 0 Å². The first kappa shape index (κ1) is 10.2. The second-order valence-electron chi connectivity index (χ2n) is 2.99. The number of thioether (sulfide) groups is 1. The number of hydrogen-bond donors (Lipinski definition) is 1. The van der Waals surface area contributed by atoms with E-state index < -0.39 is 5.51 Å². The van der Waals surface area contributed by atoms with Gasteiger partial charge in [-0.2, -0.15) is 13.2 Å². The van der Waals surface area contributed by atoms with Crippen LogP contribution in [-0.4, -0.2) is 22.0 Å². The van der Waals surface area contributed by atoms with Gasteiger partial charge in [0.2, 0.25) is 0 Å². The van der Waals surface area contributed by atoms with Crippen LogP contribution >= 0.6 is 11.8 Å². The third kappa shape index (κ3) is 3.67. The van der Waals surface area contributed by atoms with E-state index in [0.717, 1.165) is 0 Å². The minimum Gasteiger partial charge on any atom is -0.393 e. The molecule has 0 atom stereocenters. The maximum atomic E-state index is 11.8. The third-order valence-electron chi connectivity index (χ3n) is 1.94. The average Bonchev–Trinajstić information content (AvgIpc) is 1.91. The Morgan fingerprint density at radius 3 is 2.00 bits per heavy atom. The number of hydrogen-bond acceptors (Lipinski definition) is 2. The predicted molar refractivity (Wildman–Crippen MR) is 41.9 cm³/mol. The smallest absolute Gasteiger partial charge is 0.393 e. The summed E-state index contributed by atoms with van der Waals surface area (Å²) in [5, 5.41) is 8.70. The molecule has 1 fully saturated rings. The van der Waals surface area contributed by atoms with Crippen LogP contribution in [0.5, 0.6) is 0 Å². The molecule has 5 heteroatoms. The standard InChI is InChI=1S/C7H11F3OS/c8-7(9,10)12-6-3-1-5(11)2-4-6/h5-6,11H,1-4H2. The van der Waals surface area contributed by atoms with Crippen molar-refractivity contribution in [1.29, 1.82) is 0 Å². The van der Waals surface area contributed by atoms with Crippen molar-refractivity contribution in [1.82, 2.24) is 0 Å². The van der Waals surface area contributed by atoms with Crippen LogP contribution in [0.1, 0.15) is 25.7 Å². The van der Waals surface area contributed by atoms with Crippen LogP contribution in [0.25, 0.3) is 0 Å². The Labute approximate surface area is 73.3 Å². The van der Waals surface area contributed by atoms with E-state index in [2.05, 4.69) is 0 Å². The van der Waals surface area contributed by atoms with Crippen LogP contribution < -0.4 is 0 Å². The van der Waals surface area contributed by atoms with Gasteiger partial charge in [0.25, 0.3) is 0 Å². The summed E-state index contributed by atoms with van der Waals surface area (Å²) >= 11 is 0.0686. The van der Waals surface area contributed by atoms with Crippen LogP contribution in [0.4, 0.5) is 13.2 Å². The third-order valence-corrected chi connectivity index (χ3v) is 3.02. The Morgan fingerprint density at radius 1 is 1.08 bits per heavy atom. The summed E-state index contributed by atoms with van der Waals surface area (Å²) in [6.07, 6.45) is 1.59. The highest BCUT2D eigenvalue weighted by Gasteiger charge is 2.34. The highest BCUT2D eigenvalue weighted by molar-refractivity contribution is 8.00. The lowest BCUT2D eigenvalue weighted by atomic mass is 9.97. The van der Waals surface area contributed by atoms with E-state index in [1.807, 2.05) is 0 Å². The van der Waals surface area contributed by atoms with Crippen molar-refractivity contribution in [2.75, 3.05) is 0 Å². The summed E-state index contributed by atoms with van der Waals surface area (Å²) in [4.78, 5) is 0. The van der Waals surface area contributed by atoms with E-state index in [1.54, 1.807) is 0 Å². The maximum Gasteiger partial charge on any atom is 0.442 e. The molecule has 0 spiro atoms. The van der Waals surface area contributed by atoms with E-state index in [9.17, 15) is 13.2 Å². The fourth-order valence-electron chi connectivity index (χ4n) is 1.35. The molecule has 1 aliphatic carbocycles. The zero-order valence-corrected chi connectivity index (χ0v) is 7.29. The lowest BCUT2D eigenvalue weighted by molar-refractivity contribution is -0.0338. The van der Waals surface area contributed by atoms with Gasteiger partial charge in [-0.3, -0.25) is 0 Å². The molecule has 0 heterocycles. The number of rotatable bonds is 1. The first-order valence-corrected chi connectivity index (χ1v) is 4.78. The summed E-state index contributed by atoms with van der Waals surface area (Å²) in [5.74, 6) is 0. The Hall–Kier alpha value is 0.100. The Bertz CT molecular complexity index is 140. The molecule has 12 heavy (non-hydrogen) atoms. The second-order valence-corrected chi connectivity index (χ2v) is 4.36. The molecule has 0 aromatic carbocycles. The van der Waals surface area contributed by atoms with Gasteiger partial charge >= 0.3 is 5.51 Å². The molecule has 1 saturated carbocycles. The fraction of sp³-hybridized carbons (Fsp3) is 1.00. The molecule has 0 aromatic heterocycles. The Morgan fingerprint density at radius 2 is 1.58 bits per heavy atom. The molecule has 1 aliphatic rings. The summed E-state index contributed by atoms with van der Waals surface area (Å²) in [7, 11) is 0. The first-order valence-electron chi connectivity index (χ1n) is 3.90. The molecule has 1 nitrogen and oxygen atoms in total. The van der Waals surface area contributed by atoms with Gasteiger partial charge in [0, 0.05) is 5.25 Å². The number of aliphatic hydroxyl groups excluding tert-OH is 1. The van der Waals surface area contributed by atoms with Crippen molar-refractivity contribution < 1.29 is 18.3 Å². The second kappa shape index (κ2) is 3.87. The molecule has 0 aromatic rings. The largest absolute Gasteiger partial charge is 0.442 e. The van der Waals surface area contributed by atoms with Crippen molar-refractivity contribution in [3.05, 3.63) is 0 Å². The van der Waals surface area contributed by atoms with Crippen LogP contribution in [0.15, 0.2) is 0 Å². The van der Waals surface area contributed by atoms with E-state index in [4.69, 9.17) is 5.11 Å². The van der Waals surface area contributed by atoms with Gasteiger partial charge in [0.1, 0.15) is 0 Å². The van der Waals surface area contributed by atoms with Gasteiger partial charge in [0.15, 0.2) is 0 Å². The topological polar surface area (TPSA) is 20.2 Å². The Balaban J connectivity index is 2.26. The van der Waals surface area contributed by atoms with E-state index in [-0.39, 0.29) is 23.1 Å². The van der Waals surface area contributed by atoms with Crippen molar-refractivity contribution in [3.8, 4) is 0 Å². The molecule has 0 aliphatic heterocycles. The summed E-state index contributed by atoms with van der Waals surface area (Å²) in [5.41, 5.74) is -4.12. The van der Waals surface area contributed by atoms with Crippen molar-refractivity contribution >= 4 is 11.8 Å². The predicted octanol–water partition coefficient (Wildman–Crippen LogP) is 2.54. The molecular formula is C7H11F3OS. The van der Waals surface area contributed by atoms with E-state index in [0.29, 0.717) is 25.7 Å². The van der Waals surface area contributed by atoms with E-state index >= 15 is 0 Å². The van der Waals surface area contributed by atoms with Gasteiger partial charge in [-0.05, 0) is 37.4 Å². The quantitative estimate of drug-likeness (QED) is 0.702. The van der Waals surface area contributed by atoms with Gasteiger partial charge < -0.3 is 5.11 Å². The van der Waals surface area contributed by atoms with Crippen LogP contribution in [-0.2, 0) is 0 Å². The number of aliphatic hydroxyl groups is 1. The van der Waals surface area contributed by atoms with E-state index in [1.165, 1.54) is 0 Å². The summed E-state index contributed by atoms with van der Waals surface area (Å²) in [6, 6.07) is 0. The zero-order chi connectivity index (χ0) is 9.19.